The van der Waals surface area contributed by atoms with Crippen LogP contribution in [0.2, 0.25) is 0 Å². The molecule has 4 heteroatoms. The summed E-state index contributed by atoms with van der Waals surface area (Å²) in [4.78, 5) is 12.7. The third kappa shape index (κ3) is 5.85. The van der Waals surface area contributed by atoms with Gasteiger partial charge in [0.25, 0.3) is 5.91 Å². The van der Waals surface area contributed by atoms with E-state index in [1.165, 1.54) is 0 Å². The van der Waals surface area contributed by atoms with Gasteiger partial charge in [-0.05, 0) is 67.3 Å². The van der Waals surface area contributed by atoms with Crippen molar-refractivity contribution in [3.8, 4) is 11.5 Å². The Bertz CT molecular complexity index is 936. The molecule has 0 unspecified atom stereocenters. The molecule has 1 atom stereocenters. The third-order valence-corrected chi connectivity index (χ3v) is 4.65. The lowest BCUT2D eigenvalue weighted by Crippen LogP contribution is -2.32. The molecule has 0 spiro atoms. The number of rotatable bonds is 8. The minimum Gasteiger partial charge on any atom is -0.489 e. The fourth-order valence-corrected chi connectivity index (χ4v) is 2.91. The second-order valence-electron chi connectivity index (χ2n) is 7.07. The Morgan fingerprint density at radius 3 is 2.38 bits per heavy atom. The molecular weight excluding hydrogens is 362 g/mol. The first-order valence-electron chi connectivity index (χ1n) is 9.86. The Kier molecular flexibility index (Phi) is 6.90. The van der Waals surface area contributed by atoms with Gasteiger partial charge >= 0.3 is 0 Å². The first-order valence-corrected chi connectivity index (χ1v) is 9.86. The van der Waals surface area contributed by atoms with Crippen molar-refractivity contribution in [2.75, 3.05) is 5.32 Å². The van der Waals surface area contributed by atoms with Crippen molar-refractivity contribution in [3.05, 3.63) is 89.5 Å². The maximum Gasteiger partial charge on any atom is 0.265 e. The summed E-state index contributed by atoms with van der Waals surface area (Å²) in [6.45, 7) is 6.44. The maximum atomic E-state index is 12.7. The average molecular weight is 389 g/mol. The predicted molar refractivity (Wildman–Crippen MR) is 116 cm³/mol. The maximum absolute atomic E-state index is 12.7. The molecule has 0 aliphatic rings. The number of carbonyl (C=O) groups excluding carboxylic acids is 1. The zero-order valence-electron chi connectivity index (χ0n) is 17.1. The van der Waals surface area contributed by atoms with Crippen LogP contribution in [-0.2, 0) is 11.4 Å². The Morgan fingerprint density at radius 2 is 1.69 bits per heavy atom. The molecule has 3 rings (SSSR count). The Morgan fingerprint density at radius 1 is 0.966 bits per heavy atom. The molecule has 0 saturated carbocycles. The Hall–Kier alpha value is -3.27. The van der Waals surface area contributed by atoms with E-state index in [9.17, 15) is 4.79 Å². The quantitative estimate of drug-likeness (QED) is 0.539. The predicted octanol–water partition coefficient (Wildman–Crippen LogP) is 5.68. The normalized spacial score (nSPS) is 11.6. The van der Waals surface area contributed by atoms with Crippen LogP contribution < -0.4 is 14.8 Å². The van der Waals surface area contributed by atoms with Crippen LogP contribution in [0.3, 0.4) is 0 Å². The van der Waals surface area contributed by atoms with Crippen LogP contribution >= 0.6 is 0 Å². The van der Waals surface area contributed by atoms with Crippen molar-refractivity contribution >= 4 is 11.6 Å². The van der Waals surface area contributed by atoms with Gasteiger partial charge in [-0.2, -0.15) is 0 Å². The molecule has 150 valence electrons. The number of hydrogen-bond acceptors (Lipinski definition) is 3. The van der Waals surface area contributed by atoms with E-state index in [1.54, 1.807) is 0 Å². The van der Waals surface area contributed by atoms with E-state index in [0.29, 0.717) is 18.7 Å². The zero-order chi connectivity index (χ0) is 20.6. The van der Waals surface area contributed by atoms with Crippen molar-refractivity contribution in [3.63, 3.8) is 0 Å². The van der Waals surface area contributed by atoms with E-state index in [4.69, 9.17) is 9.47 Å². The topological polar surface area (TPSA) is 47.6 Å². The van der Waals surface area contributed by atoms with Crippen molar-refractivity contribution < 1.29 is 14.3 Å². The summed E-state index contributed by atoms with van der Waals surface area (Å²) in [5.41, 5.74) is 3.94. The van der Waals surface area contributed by atoms with Crippen LogP contribution in [0.1, 0.15) is 30.0 Å². The first-order chi connectivity index (χ1) is 14.0. The highest BCUT2D eigenvalue weighted by Crippen LogP contribution is 2.22. The highest BCUT2D eigenvalue weighted by atomic mass is 16.5. The lowest BCUT2D eigenvalue weighted by molar-refractivity contribution is -0.122. The van der Waals surface area contributed by atoms with Gasteiger partial charge in [-0.25, -0.2) is 0 Å². The number of ether oxygens (including phenoxy) is 2. The summed E-state index contributed by atoms with van der Waals surface area (Å²) in [6, 6.07) is 23.4. The van der Waals surface area contributed by atoms with Crippen LogP contribution in [0, 0.1) is 13.8 Å². The fourth-order valence-electron chi connectivity index (χ4n) is 2.91. The zero-order valence-corrected chi connectivity index (χ0v) is 17.1. The molecule has 4 nitrogen and oxygen atoms in total. The minimum absolute atomic E-state index is 0.161. The molecule has 0 heterocycles. The summed E-state index contributed by atoms with van der Waals surface area (Å²) >= 11 is 0. The molecule has 1 N–H and O–H groups in total. The summed E-state index contributed by atoms with van der Waals surface area (Å²) in [5, 5.41) is 2.93. The van der Waals surface area contributed by atoms with Gasteiger partial charge in [0.15, 0.2) is 6.10 Å². The number of benzene rings is 3. The van der Waals surface area contributed by atoms with Crippen LogP contribution in [0.25, 0.3) is 0 Å². The van der Waals surface area contributed by atoms with Crippen molar-refractivity contribution in [2.45, 2.75) is 39.9 Å². The molecular formula is C25H27NO3. The Balaban J connectivity index is 1.58. The summed E-state index contributed by atoms with van der Waals surface area (Å²) in [6.07, 6.45) is 0.0295. The first kappa shape index (κ1) is 20.5. The van der Waals surface area contributed by atoms with Crippen molar-refractivity contribution in [2.24, 2.45) is 0 Å². The molecule has 3 aromatic carbocycles. The van der Waals surface area contributed by atoms with Crippen molar-refractivity contribution in [1.29, 1.82) is 0 Å². The Labute approximate surface area is 172 Å². The fraction of sp³-hybridized carbons (Fsp3) is 0.240. The SMILES string of the molecule is CC[C@@H](Oc1cc(C)ccc1C)C(=O)Nc1ccc(OCc2ccccc2)cc1. The van der Waals surface area contributed by atoms with Gasteiger partial charge in [-0.1, -0.05) is 49.4 Å². The summed E-state index contributed by atoms with van der Waals surface area (Å²) in [7, 11) is 0. The highest BCUT2D eigenvalue weighted by Gasteiger charge is 2.19. The van der Waals surface area contributed by atoms with Gasteiger partial charge in [0.05, 0.1) is 0 Å². The lowest BCUT2D eigenvalue weighted by atomic mass is 10.1. The smallest absolute Gasteiger partial charge is 0.265 e. The number of amides is 1. The highest BCUT2D eigenvalue weighted by molar-refractivity contribution is 5.94. The van der Waals surface area contributed by atoms with Crippen molar-refractivity contribution in [1.82, 2.24) is 0 Å². The molecule has 0 aliphatic carbocycles. The molecule has 0 radical (unpaired) electrons. The molecule has 29 heavy (non-hydrogen) atoms. The second-order valence-corrected chi connectivity index (χ2v) is 7.07. The molecule has 0 aromatic heterocycles. The lowest BCUT2D eigenvalue weighted by Gasteiger charge is -2.19. The van der Waals surface area contributed by atoms with E-state index in [2.05, 4.69) is 5.32 Å². The van der Waals surface area contributed by atoms with Crippen LogP contribution in [0.4, 0.5) is 5.69 Å². The average Bonchev–Trinajstić information content (AvgIpc) is 2.74. The van der Waals surface area contributed by atoms with Gasteiger partial charge in [0.1, 0.15) is 18.1 Å². The number of hydrogen-bond donors (Lipinski definition) is 1. The monoisotopic (exact) mass is 389 g/mol. The van der Waals surface area contributed by atoms with Gasteiger partial charge < -0.3 is 14.8 Å². The summed E-state index contributed by atoms with van der Waals surface area (Å²) < 4.78 is 11.8. The van der Waals surface area contributed by atoms with Gasteiger partial charge in [-0.15, -0.1) is 0 Å². The number of carbonyl (C=O) groups is 1. The minimum atomic E-state index is -0.551. The number of aryl methyl sites for hydroxylation is 2. The van der Waals surface area contributed by atoms with E-state index >= 15 is 0 Å². The molecule has 0 fully saturated rings. The molecule has 0 bridgehead atoms. The van der Waals surface area contributed by atoms with Gasteiger partial charge in [0.2, 0.25) is 0 Å². The van der Waals surface area contributed by atoms with E-state index in [1.807, 2.05) is 93.6 Å². The number of nitrogens with one attached hydrogen (secondary N) is 1. The standard InChI is InChI=1S/C25H27NO3/c1-4-23(29-24-16-18(2)10-11-19(24)3)25(27)26-21-12-14-22(15-13-21)28-17-20-8-6-5-7-9-20/h5-16,23H,4,17H2,1-3H3,(H,26,27)/t23-/m1/s1. The second kappa shape index (κ2) is 9.78. The van der Waals surface area contributed by atoms with Crippen LogP contribution in [-0.4, -0.2) is 12.0 Å². The largest absolute Gasteiger partial charge is 0.489 e. The van der Waals surface area contributed by atoms with Gasteiger partial charge in [0, 0.05) is 5.69 Å². The van der Waals surface area contributed by atoms with Gasteiger partial charge in [-0.3, -0.25) is 4.79 Å². The molecule has 0 saturated heterocycles. The van der Waals surface area contributed by atoms with E-state index in [-0.39, 0.29) is 5.91 Å². The molecule has 1 amide bonds. The van der Waals surface area contributed by atoms with E-state index in [0.717, 1.165) is 28.2 Å². The van der Waals surface area contributed by atoms with Crippen LogP contribution in [0.15, 0.2) is 72.8 Å². The van der Waals surface area contributed by atoms with Crippen LogP contribution in [0.5, 0.6) is 11.5 Å². The molecule has 3 aromatic rings. The molecule has 0 aliphatic heterocycles. The van der Waals surface area contributed by atoms with E-state index < -0.39 is 6.10 Å². The third-order valence-electron chi connectivity index (χ3n) is 4.65. The number of anilines is 1. The summed E-state index contributed by atoms with van der Waals surface area (Å²) in [5.74, 6) is 1.34.